The highest BCUT2D eigenvalue weighted by molar-refractivity contribution is 6.29. The summed E-state index contributed by atoms with van der Waals surface area (Å²) >= 11 is 5.74. The van der Waals surface area contributed by atoms with E-state index in [9.17, 15) is 4.79 Å². The molecule has 0 saturated heterocycles. The van der Waals surface area contributed by atoms with E-state index < -0.39 is 0 Å². The summed E-state index contributed by atoms with van der Waals surface area (Å²) in [6.45, 7) is 0.609. The molecule has 1 amide bonds. The molecular formula is C16H16ClN3O. The summed E-state index contributed by atoms with van der Waals surface area (Å²) in [5.41, 5.74) is 3.08. The van der Waals surface area contributed by atoms with Crippen molar-refractivity contribution in [1.29, 1.82) is 0 Å². The molecule has 4 nitrogen and oxygen atoms in total. The van der Waals surface area contributed by atoms with Crippen LogP contribution in [0.25, 0.3) is 0 Å². The fraction of sp³-hybridized carbons (Fsp3) is 0.250. The Morgan fingerprint density at radius 3 is 2.95 bits per heavy atom. The SMILES string of the molecule is O=C(CCl)N1CC(Nc2cccnc2)Cc2ccccc21. The van der Waals surface area contributed by atoms with E-state index in [1.54, 1.807) is 17.3 Å². The van der Waals surface area contributed by atoms with Gasteiger partial charge in [0.2, 0.25) is 5.91 Å². The van der Waals surface area contributed by atoms with Gasteiger partial charge in [0.25, 0.3) is 0 Å². The van der Waals surface area contributed by atoms with Crippen LogP contribution in [0.15, 0.2) is 48.8 Å². The normalized spacial score (nSPS) is 17.2. The van der Waals surface area contributed by atoms with E-state index in [2.05, 4.69) is 16.4 Å². The number of carbonyl (C=O) groups excluding carboxylic acids is 1. The van der Waals surface area contributed by atoms with Gasteiger partial charge in [0.05, 0.1) is 5.69 Å². The summed E-state index contributed by atoms with van der Waals surface area (Å²) < 4.78 is 0. The van der Waals surface area contributed by atoms with Gasteiger partial charge in [-0.25, -0.2) is 0 Å². The van der Waals surface area contributed by atoms with Gasteiger partial charge < -0.3 is 10.2 Å². The second-order valence-corrected chi connectivity index (χ2v) is 5.32. The fourth-order valence-corrected chi connectivity index (χ4v) is 2.83. The molecule has 0 radical (unpaired) electrons. The number of hydrogen-bond donors (Lipinski definition) is 1. The van der Waals surface area contributed by atoms with Crippen molar-refractivity contribution in [2.75, 3.05) is 22.6 Å². The Balaban J connectivity index is 1.85. The molecule has 0 aliphatic carbocycles. The monoisotopic (exact) mass is 301 g/mol. The van der Waals surface area contributed by atoms with E-state index in [0.29, 0.717) is 6.54 Å². The number of anilines is 2. The zero-order valence-corrected chi connectivity index (χ0v) is 12.3. The van der Waals surface area contributed by atoms with Crippen LogP contribution in [0.4, 0.5) is 11.4 Å². The van der Waals surface area contributed by atoms with Crippen molar-refractivity contribution < 1.29 is 4.79 Å². The van der Waals surface area contributed by atoms with Crippen molar-refractivity contribution in [2.24, 2.45) is 0 Å². The van der Waals surface area contributed by atoms with Crippen LogP contribution in [0.3, 0.4) is 0 Å². The minimum Gasteiger partial charge on any atom is -0.379 e. The standard InChI is InChI=1S/C16H16ClN3O/c17-9-16(21)20-11-14(19-13-5-3-7-18-10-13)8-12-4-1-2-6-15(12)20/h1-7,10,14,19H,8-9,11H2. The number of benzene rings is 1. The van der Waals surface area contributed by atoms with Crippen molar-refractivity contribution in [3.8, 4) is 0 Å². The van der Waals surface area contributed by atoms with Crippen molar-refractivity contribution in [3.63, 3.8) is 0 Å². The number of carbonyl (C=O) groups is 1. The lowest BCUT2D eigenvalue weighted by atomic mass is 9.97. The summed E-state index contributed by atoms with van der Waals surface area (Å²) in [4.78, 5) is 17.9. The van der Waals surface area contributed by atoms with Gasteiger partial charge in [0, 0.05) is 30.7 Å². The van der Waals surface area contributed by atoms with Gasteiger partial charge in [-0.15, -0.1) is 11.6 Å². The van der Waals surface area contributed by atoms with E-state index in [1.807, 2.05) is 30.3 Å². The molecule has 2 aromatic rings. The van der Waals surface area contributed by atoms with Gasteiger partial charge in [-0.2, -0.15) is 0 Å². The van der Waals surface area contributed by atoms with Gasteiger partial charge in [-0.05, 0) is 30.2 Å². The first-order valence-corrected chi connectivity index (χ1v) is 7.42. The number of nitrogens with one attached hydrogen (secondary N) is 1. The molecule has 0 spiro atoms. The molecule has 0 saturated carbocycles. The number of para-hydroxylation sites is 1. The third kappa shape index (κ3) is 3.00. The molecule has 21 heavy (non-hydrogen) atoms. The number of hydrogen-bond acceptors (Lipinski definition) is 3. The molecule has 108 valence electrons. The number of rotatable bonds is 3. The van der Waals surface area contributed by atoms with Crippen LogP contribution in [-0.4, -0.2) is 29.4 Å². The molecule has 0 bridgehead atoms. The third-order valence-corrected chi connectivity index (χ3v) is 3.83. The molecule has 1 aromatic carbocycles. The average molecular weight is 302 g/mol. The molecular weight excluding hydrogens is 286 g/mol. The molecule has 1 unspecified atom stereocenters. The zero-order valence-electron chi connectivity index (χ0n) is 11.5. The van der Waals surface area contributed by atoms with Crippen LogP contribution < -0.4 is 10.2 Å². The van der Waals surface area contributed by atoms with Crippen LogP contribution in [-0.2, 0) is 11.2 Å². The third-order valence-electron chi connectivity index (χ3n) is 3.60. The maximum absolute atomic E-state index is 12.1. The Labute approximate surface area is 128 Å². The zero-order chi connectivity index (χ0) is 14.7. The minimum atomic E-state index is -0.0678. The Morgan fingerprint density at radius 2 is 2.19 bits per heavy atom. The second kappa shape index (κ2) is 6.14. The summed E-state index contributed by atoms with van der Waals surface area (Å²) in [5.74, 6) is -0.0738. The Bertz CT molecular complexity index is 632. The van der Waals surface area contributed by atoms with Crippen molar-refractivity contribution in [3.05, 3.63) is 54.4 Å². The predicted molar refractivity (Wildman–Crippen MR) is 84.9 cm³/mol. The first-order valence-electron chi connectivity index (χ1n) is 6.88. The van der Waals surface area contributed by atoms with Crippen LogP contribution in [0.1, 0.15) is 5.56 Å². The van der Waals surface area contributed by atoms with Crippen LogP contribution in [0.5, 0.6) is 0 Å². The summed E-state index contributed by atoms with van der Waals surface area (Å²) in [6.07, 6.45) is 4.40. The van der Waals surface area contributed by atoms with Crippen LogP contribution >= 0.6 is 11.6 Å². The molecule has 1 aliphatic rings. The summed E-state index contributed by atoms with van der Waals surface area (Å²) in [6, 6.07) is 12.0. The average Bonchev–Trinajstić information content (AvgIpc) is 2.54. The quantitative estimate of drug-likeness (QED) is 0.887. The highest BCUT2D eigenvalue weighted by atomic mass is 35.5. The Kier molecular flexibility index (Phi) is 4.06. The van der Waals surface area contributed by atoms with E-state index in [4.69, 9.17) is 11.6 Å². The summed E-state index contributed by atoms with van der Waals surface area (Å²) in [5, 5.41) is 3.43. The largest absolute Gasteiger partial charge is 0.379 e. The number of fused-ring (bicyclic) bond motifs is 1. The van der Waals surface area contributed by atoms with Crippen molar-refractivity contribution >= 4 is 28.9 Å². The number of aromatic nitrogens is 1. The smallest absolute Gasteiger partial charge is 0.241 e. The highest BCUT2D eigenvalue weighted by Gasteiger charge is 2.27. The lowest BCUT2D eigenvalue weighted by Gasteiger charge is -2.35. The predicted octanol–water partition coefficient (Wildman–Crippen LogP) is 2.69. The van der Waals surface area contributed by atoms with Gasteiger partial charge in [0.1, 0.15) is 5.88 Å². The molecule has 1 N–H and O–H groups in total. The fourth-order valence-electron chi connectivity index (χ4n) is 2.68. The van der Waals surface area contributed by atoms with E-state index in [1.165, 1.54) is 0 Å². The lowest BCUT2D eigenvalue weighted by molar-refractivity contribution is -0.116. The summed E-state index contributed by atoms with van der Waals surface area (Å²) in [7, 11) is 0. The highest BCUT2D eigenvalue weighted by Crippen LogP contribution is 2.28. The van der Waals surface area contributed by atoms with Gasteiger partial charge in [0.15, 0.2) is 0 Å². The van der Waals surface area contributed by atoms with Crippen LogP contribution in [0.2, 0.25) is 0 Å². The van der Waals surface area contributed by atoms with Gasteiger partial charge >= 0.3 is 0 Å². The molecule has 1 aliphatic heterocycles. The number of nitrogens with zero attached hydrogens (tertiary/aromatic N) is 2. The van der Waals surface area contributed by atoms with Gasteiger partial charge in [-0.1, -0.05) is 18.2 Å². The first-order chi connectivity index (χ1) is 10.3. The minimum absolute atomic E-state index is 0.00601. The lowest BCUT2D eigenvalue weighted by Crippen LogP contribution is -2.46. The molecule has 2 heterocycles. The maximum Gasteiger partial charge on any atom is 0.241 e. The second-order valence-electron chi connectivity index (χ2n) is 5.05. The van der Waals surface area contributed by atoms with Crippen LogP contribution in [0, 0.1) is 0 Å². The topological polar surface area (TPSA) is 45.2 Å². The number of pyridine rings is 1. The number of amides is 1. The Morgan fingerprint density at radius 1 is 1.33 bits per heavy atom. The maximum atomic E-state index is 12.1. The van der Waals surface area contributed by atoms with Gasteiger partial charge in [-0.3, -0.25) is 9.78 Å². The molecule has 1 atom stereocenters. The van der Waals surface area contributed by atoms with E-state index >= 15 is 0 Å². The first kappa shape index (κ1) is 13.9. The van der Waals surface area contributed by atoms with Crippen molar-refractivity contribution in [2.45, 2.75) is 12.5 Å². The molecule has 3 rings (SSSR count). The molecule has 0 fully saturated rings. The number of halogens is 1. The van der Waals surface area contributed by atoms with E-state index in [0.717, 1.165) is 23.4 Å². The molecule has 1 aromatic heterocycles. The molecule has 5 heteroatoms. The Hall–Kier alpha value is -2.07. The van der Waals surface area contributed by atoms with Crippen molar-refractivity contribution in [1.82, 2.24) is 4.98 Å². The number of alkyl halides is 1. The van der Waals surface area contributed by atoms with E-state index in [-0.39, 0.29) is 17.8 Å².